The molecule has 45 heavy (non-hydrogen) atoms. The van der Waals surface area contributed by atoms with Gasteiger partial charge in [0, 0.05) is 40.7 Å². The van der Waals surface area contributed by atoms with Gasteiger partial charge >= 0.3 is 19.5 Å². The molecule has 1 aliphatic heterocycles. The Morgan fingerprint density at radius 1 is 1.29 bits per heavy atom. The van der Waals surface area contributed by atoms with Gasteiger partial charge in [-0.3, -0.25) is 28.2 Å². The van der Waals surface area contributed by atoms with Gasteiger partial charge in [0.25, 0.3) is 5.56 Å². The number of aromatic nitrogens is 2. The van der Waals surface area contributed by atoms with Gasteiger partial charge in [0.15, 0.2) is 11.2 Å². The summed E-state index contributed by atoms with van der Waals surface area (Å²) in [4.78, 5) is 52.6. The summed E-state index contributed by atoms with van der Waals surface area (Å²) in [5, 5.41) is 12.7. The third kappa shape index (κ3) is 11.0. The number of rotatable bonds is 14. The maximum Gasteiger partial charge on any atom is 0.530 e. The maximum absolute atomic E-state index is 13.8. The molecule has 5 N–H and O–H groups in total. The fourth-order valence-corrected chi connectivity index (χ4v) is 6.08. The Morgan fingerprint density at radius 3 is 2.56 bits per heavy atom. The summed E-state index contributed by atoms with van der Waals surface area (Å²) in [5.74, 6) is -0.794. The van der Waals surface area contributed by atoms with Crippen LogP contribution in [0.4, 0.5) is 0 Å². The second-order valence-electron chi connectivity index (χ2n) is 11.1. The summed E-state index contributed by atoms with van der Waals surface area (Å²) < 4.78 is 37.7. The van der Waals surface area contributed by atoms with E-state index in [1.807, 2.05) is 0 Å². The molecule has 5 atom stereocenters. The van der Waals surface area contributed by atoms with Crippen molar-refractivity contribution in [3.8, 4) is 5.75 Å². The molecule has 1 saturated heterocycles. The first-order chi connectivity index (χ1) is 20.6. The molecular weight excluding hydrogens is 655 g/mol. The fraction of sp³-hybridized carbons (Fsp3) is 0.538. The molecule has 1 aromatic carbocycles. The Morgan fingerprint density at radius 2 is 1.96 bits per heavy atom. The van der Waals surface area contributed by atoms with Crippen LogP contribution in [-0.4, -0.2) is 62.9 Å². The number of hydrogen-bond acceptors (Lipinski definition) is 11. The number of hydrogen-bond donors (Lipinski definition) is 3. The van der Waals surface area contributed by atoms with E-state index < -0.39 is 61.5 Å². The van der Waals surface area contributed by atoms with Gasteiger partial charge < -0.3 is 32.5 Å². The van der Waals surface area contributed by atoms with Gasteiger partial charge in [0.1, 0.15) is 12.0 Å². The summed E-state index contributed by atoms with van der Waals surface area (Å²) in [7, 11) is -4.38. The number of phosphoric ester groups is 1. The Balaban J connectivity index is 0.00000705. The van der Waals surface area contributed by atoms with Crippen LogP contribution < -0.4 is 33.9 Å². The third-order valence-electron chi connectivity index (χ3n) is 6.41. The topological polar surface area (TPSA) is 240 Å². The van der Waals surface area contributed by atoms with Gasteiger partial charge in [-0.2, -0.15) is 0 Å². The van der Waals surface area contributed by atoms with Crippen molar-refractivity contribution in [1.29, 1.82) is 0 Å². The number of H-pyrrole nitrogens is 1. The van der Waals surface area contributed by atoms with Crippen molar-refractivity contribution in [1.82, 2.24) is 9.55 Å². The third-order valence-corrected chi connectivity index (χ3v) is 9.05. The second-order valence-corrected chi connectivity index (χ2v) is 13.7. The largest absolute Gasteiger partial charge is 1.00 e. The zero-order valence-corrected chi connectivity index (χ0v) is 27.5. The summed E-state index contributed by atoms with van der Waals surface area (Å²) in [6, 6.07) is 4.42. The van der Waals surface area contributed by atoms with Gasteiger partial charge in [-0.25, -0.2) is 14.2 Å². The number of carboxylic acids is 1. The smallest absolute Gasteiger partial charge is 0.530 e. The number of aliphatic carboxylic acids is 1. The SMILES string of the molecule is Cc1cn([C@H]2C[C@H](N=[N+]=[N-])[C@@H](COP(=O)(OCCSC(=O)C(C)(C)C)Oc3ccc(C[C@H]([NH3+])C(=O)O)cc3)O2)c(=O)[nH]c1=O.[Cl-]. The molecule has 1 aromatic heterocycles. The van der Waals surface area contributed by atoms with Crippen LogP contribution >= 0.6 is 19.6 Å². The molecular formula is C26H36ClN6O10PS. The Labute approximate surface area is 268 Å². The van der Waals surface area contributed by atoms with Crippen molar-refractivity contribution >= 4 is 30.7 Å². The van der Waals surface area contributed by atoms with E-state index in [0.717, 1.165) is 16.3 Å². The minimum atomic E-state index is -4.38. The number of azide groups is 1. The molecule has 248 valence electrons. The molecule has 3 rings (SSSR count). The van der Waals surface area contributed by atoms with E-state index in [1.165, 1.54) is 25.3 Å². The number of nitrogens with zero attached hydrogens (tertiary/aromatic N) is 4. The zero-order valence-electron chi connectivity index (χ0n) is 25.1. The maximum atomic E-state index is 13.8. The number of nitrogens with one attached hydrogen (secondary N) is 1. The predicted octanol–water partition coefficient (Wildman–Crippen LogP) is -0.421. The molecule has 0 spiro atoms. The number of ether oxygens (including phenoxy) is 1. The van der Waals surface area contributed by atoms with E-state index in [9.17, 15) is 23.7 Å². The molecule has 2 aromatic rings. The van der Waals surface area contributed by atoms with Gasteiger partial charge in [0.2, 0.25) is 0 Å². The summed E-state index contributed by atoms with van der Waals surface area (Å²) in [6.45, 7) is 6.23. The highest BCUT2D eigenvalue weighted by Crippen LogP contribution is 2.50. The average molecular weight is 691 g/mol. The number of aryl methyl sites for hydroxylation is 1. The number of halogens is 1. The van der Waals surface area contributed by atoms with Crippen LogP contribution in [0.15, 0.2) is 45.2 Å². The standard InChI is InChI=1S/C26H35N6O10PS.ClH/c1-15-13-32(25(37)29-22(15)33)21-12-19(30-31-28)20(41-21)14-40-43(38,39-9-10-44-24(36)26(2,3)4)42-17-7-5-16(6-8-17)11-18(27)23(34)35;/h5-8,13,18-21H,9-12,14,27H2,1-4H3,(H,34,35)(H,29,33,37);1H/t18-,19-,20+,21+,43?;/m0./s1. The Hall–Kier alpha value is -3.14. The number of carbonyl (C=O) groups excluding carboxylic acids is 1. The predicted molar refractivity (Wildman–Crippen MR) is 159 cm³/mol. The first kappa shape index (κ1) is 38.0. The van der Waals surface area contributed by atoms with Gasteiger partial charge in [-0.05, 0) is 30.2 Å². The molecule has 0 saturated carbocycles. The Bertz CT molecular complexity index is 1560. The minimum Gasteiger partial charge on any atom is -1.00 e. The number of carbonyl (C=O) groups is 2. The molecule has 19 heteroatoms. The van der Waals surface area contributed by atoms with Crippen LogP contribution in [0.5, 0.6) is 5.75 Å². The van der Waals surface area contributed by atoms with Crippen LogP contribution in [0.1, 0.15) is 44.5 Å². The number of carboxylic acid groups (broad SMARTS) is 1. The van der Waals surface area contributed by atoms with E-state index in [-0.39, 0.29) is 54.0 Å². The highest BCUT2D eigenvalue weighted by atomic mass is 35.5. The highest BCUT2D eigenvalue weighted by Gasteiger charge is 2.39. The van der Waals surface area contributed by atoms with Crippen LogP contribution in [0.3, 0.4) is 0 Å². The molecule has 0 aliphatic carbocycles. The van der Waals surface area contributed by atoms with Crippen LogP contribution in [0.2, 0.25) is 0 Å². The lowest BCUT2D eigenvalue weighted by atomic mass is 10.00. The second kappa shape index (κ2) is 16.4. The molecule has 0 bridgehead atoms. The zero-order chi connectivity index (χ0) is 32.7. The fourth-order valence-electron chi connectivity index (χ4n) is 3.97. The van der Waals surface area contributed by atoms with Crippen molar-refractivity contribution < 1.29 is 55.7 Å². The van der Waals surface area contributed by atoms with E-state index in [2.05, 4.69) is 20.7 Å². The number of aromatic amines is 1. The van der Waals surface area contributed by atoms with Crippen LogP contribution in [-0.2, 0) is 34.4 Å². The lowest BCUT2D eigenvalue weighted by Crippen LogP contribution is -3.00. The first-order valence-corrected chi connectivity index (χ1v) is 16.0. The van der Waals surface area contributed by atoms with Crippen molar-refractivity contribution in [3.63, 3.8) is 0 Å². The number of benzene rings is 1. The highest BCUT2D eigenvalue weighted by molar-refractivity contribution is 8.13. The first-order valence-electron chi connectivity index (χ1n) is 13.5. The van der Waals surface area contributed by atoms with Crippen LogP contribution in [0, 0.1) is 12.3 Å². The molecule has 1 fully saturated rings. The molecule has 1 aliphatic rings. The monoisotopic (exact) mass is 690 g/mol. The summed E-state index contributed by atoms with van der Waals surface area (Å²) in [6.07, 6.45) is -0.338. The average Bonchev–Trinajstić information content (AvgIpc) is 3.35. The lowest BCUT2D eigenvalue weighted by molar-refractivity contribution is -0.407. The van der Waals surface area contributed by atoms with E-state index >= 15 is 0 Å². The molecule has 1 unspecified atom stereocenters. The number of quaternary nitrogens is 1. The van der Waals surface area contributed by atoms with Crippen LogP contribution in [0.25, 0.3) is 10.4 Å². The lowest BCUT2D eigenvalue weighted by Gasteiger charge is -2.22. The van der Waals surface area contributed by atoms with E-state index in [0.29, 0.717) is 5.56 Å². The molecule has 16 nitrogen and oxygen atoms in total. The Kier molecular flexibility index (Phi) is 13.9. The normalized spacial score (nSPS) is 19.9. The van der Waals surface area contributed by atoms with E-state index in [4.69, 9.17) is 28.9 Å². The van der Waals surface area contributed by atoms with Gasteiger partial charge in [-0.15, -0.1) is 0 Å². The summed E-state index contributed by atoms with van der Waals surface area (Å²) in [5.41, 5.74) is 11.7. The quantitative estimate of drug-likeness (QED) is 0.0756. The molecule has 0 radical (unpaired) electrons. The number of thioether (sulfide) groups is 1. The van der Waals surface area contributed by atoms with Crippen molar-refractivity contribution in [2.75, 3.05) is 19.0 Å². The molecule has 2 heterocycles. The summed E-state index contributed by atoms with van der Waals surface area (Å²) >= 11 is 1.00. The van der Waals surface area contributed by atoms with Crippen molar-refractivity contribution in [2.45, 2.75) is 65.0 Å². The minimum absolute atomic E-state index is 0. The van der Waals surface area contributed by atoms with Gasteiger partial charge in [-0.1, -0.05) is 49.8 Å². The van der Waals surface area contributed by atoms with E-state index in [1.54, 1.807) is 32.9 Å². The van der Waals surface area contributed by atoms with Gasteiger partial charge in [0.05, 0.1) is 25.4 Å². The number of phosphoric acid groups is 1. The van der Waals surface area contributed by atoms with Crippen molar-refractivity contribution in [2.24, 2.45) is 10.5 Å². The molecule has 0 amide bonds. The van der Waals surface area contributed by atoms with Crippen molar-refractivity contribution in [3.05, 3.63) is 72.9 Å².